The van der Waals surface area contributed by atoms with Crippen molar-refractivity contribution in [1.82, 2.24) is 4.98 Å². The Morgan fingerprint density at radius 1 is 1.11 bits per heavy atom. The standard InChI is InChI=1S/C15H14ClNO2/c1-9(11-3-5-13(16)6-4-11)10(2)12-7-14(15(18)19)17-8-12/h3-8,17H,1-2H3,(H,18,19)/b10-9-. The highest BCUT2D eigenvalue weighted by molar-refractivity contribution is 6.30. The first-order chi connectivity index (χ1) is 8.99. The molecule has 0 saturated carbocycles. The van der Waals surface area contributed by atoms with Crippen molar-refractivity contribution in [1.29, 1.82) is 0 Å². The van der Waals surface area contributed by atoms with Gasteiger partial charge >= 0.3 is 5.97 Å². The Morgan fingerprint density at radius 3 is 2.21 bits per heavy atom. The number of carboxylic acids is 1. The van der Waals surface area contributed by atoms with Crippen LogP contribution in [0.5, 0.6) is 0 Å². The molecule has 0 saturated heterocycles. The van der Waals surface area contributed by atoms with E-state index in [0.29, 0.717) is 5.02 Å². The van der Waals surface area contributed by atoms with Crippen molar-refractivity contribution in [2.24, 2.45) is 0 Å². The SMILES string of the molecule is C/C(=C(\C)c1c[nH]c(C(=O)O)c1)c1ccc(Cl)cc1. The Bertz CT molecular complexity index is 638. The molecule has 1 aromatic heterocycles. The minimum absolute atomic E-state index is 0.193. The molecular weight excluding hydrogens is 262 g/mol. The zero-order valence-electron chi connectivity index (χ0n) is 10.7. The summed E-state index contributed by atoms with van der Waals surface area (Å²) >= 11 is 5.86. The molecule has 2 aromatic rings. The molecule has 0 fully saturated rings. The number of aromatic amines is 1. The lowest BCUT2D eigenvalue weighted by Crippen LogP contribution is -1.94. The van der Waals surface area contributed by atoms with E-state index in [9.17, 15) is 4.79 Å². The summed E-state index contributed by atoms with van der Waals surface area (Å²) in [5.41, 5.74) is 4.27. The molecule has 0 atom stereocenters. The smallest absolute Gasteiger partial charge is 0.352 e. The van der Waals surface area contributed by atoms with Crippen molar-refractivity contribution in [2.45, 2.75) is 13.8 Å². The van der Waals surface area contributed by atoms with E-state index in [1.165, 1.54) is 0 Å². The van der Waals surface area contributed by atoms with E-state index in [1.54, 1.807) is 12.3 Å². The molecule has 4 heteroatoms. The second kappa shape index (κ2) is 5.33. The summed E-state index contributed by atoms with van der Waals surface area (Å²) in [4.78, 5) is 13.6. The van der Waals surface area contributed by atoms with Crippen LogP contribution in [0.2, 0.25) is 5.02 Å². The fourth-order valence-corrected chi connectivity index (χ4v) is 1.99. The molecule has 0 bridgehead atoms. The topological polar surface area (TPSA) is 53.1 Å². The fourth-order valence-electron chi connectivity index (χ4n) is 1.87. The Kier molecular flexibility index (Phi) is 3.76. The van der Waals surface area contributed by atoms with Gasteiger partial charge in [-0.25, -0.2) is 4.79 Å². The number of halogens is 1. The summed E-state index contributed by atoms with van der Waals surface area (Å²) in [7, 11) is 0. The molecule has 0 aliphatic rings. The second-order valence-corrected chi connectivity index (χ2v) is 4.80. The number of aromatic nitrogens is 1. The summed E-state index contributed by atoms with van der Waals surface area (Å²) in [5, 5.41) is 9.60. The fraction of sp³-hybridized carbons (Fsp3) is 0.133. The van der Waals surface area contributed by atoms with Gasteiger partial charge in [0, 0.05) is 11.2 Å². The van der Waals surface area contributed by atoms with Gasteiger partial charge in [0.1, 0.15) is 5.69 Å². The van der Waals surface area contributed by atoms with E-state index in [-0.39, 0.29) is 5.69 Å². The second-order valence-electron chi connectivity index (χ2n) is 4.36. The first-order valence-corrected chi connectivity index (χ1v) is 6.22. The molecule has 0 unspecified atom stereocenters. The maximum atomic E-state index is 10.9. The Morgan fingerprint density at radius 2 is 1.68 bits per heavy atom. The van der Waals surface area contributed by atoms with Gasteiger partial charge in [-0.15, -0.1) is 0 Å². The number of aromatic carboxylic acids is 1. The van der Waals surface area contributed by atoms with Crippen LogP contribution in [0.15, 0.2) is 36.5 Å². The number of nitrogens with one attached hydrogen (secondary N) is 1. The van der Waals surface area contributed by atoms with Gasteiger partial charge in [0.15, 0.2) is 0 Å². The summed E-state index contributed by atoms with van der Waals surface area (Å²) in [6.45, 7) is 3.98. The van der Waals surface area contributed by atoms with Gasteiger partial charge in [0.2, 0.25) is 0 Å². The molecule has 0 amide bonds. The monoisotopic (exact) mass is 275 g/mol. The van der Waals surface area contributed by atoms with Crippen molar-refractivity contribution in [3.63, 3.8) is 0 Å². The number of H-pyrrole nitrogens is 1. The number of hydrogen-bond acceptors (Lipinski definition) is 1. The largest absolute Gasteiger partial charge is 0.477 e. The summed E-state index contributed by atoms with van der Waals surface area (Å²) in [6, 6.07) is 9.22. The molecule has 0 aliphatic heterocycles. The van der Waals surface area contributed by atoms with Crippen LogP contribution in [0, 0.1) is 0 Å². The Labute approximate surface area is 116 Å². The molecule has 2 N–H and O–H groups in total. The van der Waals surface area contributed by atoms with Crippen LogP contribution in [0.4, 0.5) is 0 Å². The quantitative estimate of drug-likeness (QED) is 0.876. The number of benzene rings is 1. The minimum atomic E-state index is -0.955. The number of hydrogen-bond donors (Lipinski definition) is 2. The van der Waals surface area contributed by atoms with Gasteiger partial charge < -0.3 is 10.1 Å². The lowest BCUT2D eigenvalue weighted by molar-refractivity contribution is 0.0691. The van der Waals surface area contributed by atoms with E-state index in [1.807, 2.05) is 38.1 Å². The van der Waals surface area contributed by atoms with Crippen LogP contribution in [-0.2, 0) is 0 Å². The normalized spacial score (nSPS) is 12.2. The Hall–Kier alpha value is -2.00. The number of carbonyl (C=O) groups is 1. The molecule has 98 valence electrons. The van der Waals surface area contributed by atoms with Crippen LogP contribution in [0.3, 0.4) is 0 Å². The summed E-state index contributed by atoms with van der Waals surface area (Å²) < 4.78 is 0. The van der Waals surface area contributed by atoms with Crippen LogP contribution in [0.1, 0.15) is 35.5 Å². The van der Waals surface area contributed by atoms with Gasteiger partial charge in [-0.3, -0.25) is 0 Å². The van der Waals surface area contributed by atoms with Gasteiger partial charge in [0.25, 0.3) is 0 Å². The van der Waals surface area contributed by atoms with Crippen LogP contribution < -0.4 is 0 Å². The van der Waals surface area contributed by atoms with Crippen molar-refractivity contribution in [2.75, 3.05) is 0 Å². The first-order valence-electron chi connectivity index (χ1n) is 5.84. The van der Waals surface area contributed by atoms with E-state index in [2.05, 4.69) is 4.98 Å². The third-order valence-corrected chi connectivity index (χ3v) is 3.44. The van der Waals surface area contributed by atoms with Gasteiger partial charge in [-0.2, -0.15) is 0 Å². The molecule has 0 aliphatic carbocycles. The third kappa shape index (κ3) is 2.88. The van der Waals surface area contributed by atoms with Crippen molar-refractivity contribution in [3.05, 3.63) is 58.4 Å². The van der Waals surface area contributed by atoms with Crippen molar-refractivity contribution >= 4 is 28.7 Å². The maximum absolute atomic E-state index is 10.9. The molecule has 0 radical (unpaired) electrons. The van der Waals surface area contributed by atoms with E-state index >= 15 is 0 Å². The van der Waals surface area contributed by atoms with Gasteiger partial charge in [-0.1, -0.05) is 23.7 Å². The highest BCUT2D eigenvalue weighted by atomic mass is 35.5. The molecule has 0 spiro atoms. The molecule has 2 rings (SSSR count). The lowest BCUT2D eigenvalue weighted by Gasteiger charge is -2.07. The van der Waals surface area contributed by atoms with Crippen LogP contribution >= 0.6 is 11.6 Å². The summed E-state index contributed by atoms with van der Waals surface area (Å²) in [6.07, 6.45) is 1.71. The third-order valence-electron chi connectivity index (χ3n) is 3.19. The van der Waals surface area contributed by atoms with E-state index in [4.69, 9.17) is 16.7 Å². The average Bonchev–Trinajstić information content (AvgIpc) is 2.87. The number of allylic oxidation sites excluding steroid dienone is 2. The molecule has 1 heterocycles. The van der Waals surface area contributed by atoms with Gasteiger partial charge in [0.05, 0.1) is 0 Å². The first kappa shape index (κ1) is 13.4. The highest BCUT2D eigenvalue weighted by Gasteiger charge is 2.09. The highest BCUT2D eigenvalue weighted by Crippen LogP contribution is 2.26. The zero-order valence-corrected chi connectivity index (χ0v) is 11.5. The van der Waals surface area contributed by atoms with Gasteiger partial charge in [-0.05, 0) is 54.3 Å². The van der Waals surface area contributed by atoms with Crippen LogP contribution in [-0.4, -0.2) is 16.1 Å². The minimum Gasteiger partial charge on any atom is -0.477 e. The van der Waals surface area contributed by atoms with Crippen molar-refractivity contribution < 1.29 is 9.90 Å². The van der Waals surface area contributed by atoms with Crippen molar-refractivity contribution in [3.8, 4) is 0 Å². The predicted molar refractivity (Wildman–Crippen MR) is 77.4 cm³/mol. The zero-order chi connectivity index (χ0) is 14.0. The Balaban J connectivity index is 2.39. The average molecular weight is 276 g/mol. The van der Waals surface area contributed by atoms with E-state index in [0.717, 1.165) is 22.3 Å². The predicted octanol–water partition coefficient (Wildman–Crippen LogP) is 4.32. The van der Waals surface area contributed by atoms with E-state index < -0.39 is 5.97 Å². The lowest BCUT2D eigenvalue weighted by atomic mass is 9.99. The molecule has 19 heavy (non-hydrogen) atoms. The number of carboxylic acid groups (broad SMARTS) is 1. The number of rotatable bonds is 3. The molecular formula is C15H14ClNO2. The maximum Gasteiger partial charge on any atom is 0.352 e. The molecule has 3 nitrogen and oxygen atoms in total. The summed E-state index contributed by atoms with van der Waals surface area (Å²) in [5.74, 6) is -0.955. The molecule has 1 aromatic carbocycles. The van der Waals surface area contributed by atoms with Crippen LogP contribution in [0.25, 0.3) is 11.1 Å².